The van der Waals surface area contributed by atoms with Gasteiger partial charge in [0.2, 0.25) is 0 Å². The summed E-state index contributed by atoms with van der Waals surface area (Å²) in [6, 6.07) is 12.6. The number of hydrogen-bond acceptors (Lipinski definition) is 6. The number of esters is 1. The van der Waals surface area contributed by atoms with Gasteiger partial charge in [0.15, 0.2) is 6.61 Å². The quantitative estimate of drug-likeness (QED) is 0.325. The number of ether oxygens (including phenoxy) is 2. The Balaban J connectivity index is 1.92. The lowest BCUT2D eigenvalue weighted by molar-refractivity contribution is -0.149. The lowest BCUT2D eigenvalue weighted by atomic mass is 10.1. The van der Waals surface area contributed by atoms with Gasteiger partial charge in [-0.3, -0.25) is 4.79 Å². The van der Waals surface area contributed by atoms with E-state index in [0.29, 0.717) is 22.5 Å². The maximum atomic E-state index is 13.2. The normalized spacial score (nSPS) is 12.4. The summed E-state index contributed by atoms with van der Waals surface area (Å²) in [5.41, 5.74) is 1.13. The van der Waals surface area contributed by atoms with Gasteiger partial charge < -0.3 is 9.47 Å². The van der Waals surface area contributed by atoms with Gasteiger partial charge in [0, 0.05) is 10.4 Å². The number of hydrogen-bond donors (Lipinski definition) is 0. The van der Waals surface area contributed by atoms with Crippen molar-refractivity contribution >= 4 is 39.0 Å². The molecule has 0 radical (unpaired) electrons. The van der Waals surface area contributed by atoms with Crippen LogP contribution in [0.1, 0.15) is 51.4 Å². The Kier molecular flexibility index (Phi) is 7.80. The Hall–Kier alpha value is -3.00. The average Bonchev–Trinajstić information content (AvgIpc) is 2.76. The van der Waals surface area contributed by atoms with Crippen LogP contribution in [0.5, 0.6) is 5.75 Å². The second kappa shape index (κ2) is 10.5. The highest BCUT2D eigenvalue weighted by molar-refractivity contribution is 9.10. The van der Waals surface area contributed by atoms with Gasteiger partial charge in [0.25, 0.3) is 5.56 Å². The molecule has 0 amide bonds. The summed E-state index contributed by atoms with van der Waals surface area (Å²) in [6.07, 6.45) is 2.21. The molecular weight excluding hydrogens is 474 g/mol. The van der Waals surface area contributed by atoms with Crippen LogP contribution in [0, 0.1) is 0 Å². The standard InChI is InChI=1S/C24H26BrN3O4/c1-5-16(4)23-27-21-10-9-18(25)12-20(21)24(30)28(23)26-13-17-7-6-8-19(11-17)31-14-22(29)32-15(2)3/h6-13,15-16H,5,14H2,1-4H3/t16-/m1/s1. The Bertz CT molecular complexity index is 1200. The van der Waals surface area contributed by atoms with Crippen LogP contribution in [-0.2, 0) is 9.53 Å². The zero-order valence-corrected chi connectivity index (χ0v) is 20.1. The van der Waals surface area contributed by atoms with Gasteiger partial charge in [-0.05, 0) is 56.2 Å². The Labute approximate surface area is 195 Å². The summed E-state index contributed by atoms with van der Waals surface area (Å²) >= 11 is 3.41. The molecule has 32 heavy (non-hydrogen) atoms. The maximum absolute atomic E-state index is 13.2. The zero-order valence-electron chi connectivity index (χ0n) is 18.5. The van der Waals surface area contributed by atoms with Crippen molar-refractivity contribution < 1.29 is 14.3 Å². The van der Waals surface area contributed by atoms with E-state index in [2.05, 4.69) is 21.0 Å². The van der Waals surface area contributed by atoms with E-state index >= 15 is 0 Å². The van der Waals surface area contributed by atoms with Gasteiger partial charge in [-0.25, -0.2) is 9.78 Å². The molecule has 0 spiro atoms. The van der Waals surface area contributed by atoms with Crippen LogP contribution in [0.3, 0.4) is 0 Å². The highest BCUT2D eigenvalue weighted by Crippen LogP contribution is 2.21. The minimum Gasteiger partial charge on any atom is -0.482 e. The van der Waals surface area contributed by atoms with E-state index in [1.54, 1.807) is 44.3 Å². The molecule has 1 aromatic heterocycles. The van der Waals surface area contributed by atoms with Gasteiger partial charge in [-0.1, -0.05) is 41.9 Å². The van der Waals surface area contributed by atoms with E-state index in [4.69, 9.17) is 14.5 Å². The fourth-order valence-electron chi connectivity index (χ4n) is 3.03. The number of carbonyl (C=O) groups excluding carboxylic acids is 1. The highest BCUT2D eigenvalue weighted by Gasteiger charge is 2.15. The average molecular weight is 500 g/mol. The van der Waals surface area contributed by atoms with Crippen LogP contribution in [0.15, 0.2) is 56.8 Å². The summed E-state index contributed by atoms with van der Waals surface area (Å²) in [6.45, 7) is 7.45. The molecule has 0 saturated carbocycles. The van der Waals surface area contributed by atoms with Crippen molar-refractivity contribution in [3.63, 3.8) is 0 Å². The van der Waals surface area contributed by atoms with Crippen LogP contribution in [0.25, 0.3) is 10.9 Å². The molecule has 0 unspecified atom stereocenters. The fourth-order valence-corrected chi connectivity index (χ4v) is 3.39. The predicted molar refractivity (Wildman–Crippen MR) is 129 cm³/mol. The van der Waals surface area contributed by atoms with Crippen LogP contribution in [0.2, 0.25) is 0 Å². The number of fused-ring (bicyclic) bond motifs is 1. The summed E-state index contributed by atoms with van der Waals surface area (Å²) in [5.74, 6) is 0.726. The zero-order chi connectivity index (χ0) is 23.3. The molecule has 0 N–H and O–H groups in total. The molecule has 2 aromatic carbocycles. The number of aromatic nitrogens is 2. The SMILES string of the molecule is CC[C@@H](C)c1nc2ccc(Br)cc2c(=O)n1N=Cc1cccc(OCC(=O)OC(C)C)c1. The summed E-state index contributed by atoms with van der Waals surface area (Å²) in [4.78, 5) is 29.6. The van der Waals surface area contributed by atoms with E-state index in [9.17, 15) is 9.59 Å². The molecule has 7 nitrogen and oxygen atoms in total. The Morgan fingerprint density at radius 3 is 2.72 bits per heavy atom. The number of halogens is 1. The molecular formula is C24H26BrN3O4. The van der Waals surface area contributed by atoms with E-state index in [1.165, 1.54) is 4.68 Å². The first kappa shape index (κ1) is 23.7. The van der Waals surface area contributed by atoms with Crippen LogP contribution >= 0.6 is 15.9 Å². The maximum Gasteiger partial charge on any atom is 0.344 e. The van der Waals surface area contributed by atoms with E-state index in [-0.39, 0.29) is 24.2 Å². The topological polar surface area (TPSA) is 82.8 Å². The molecule has 3 rings (SSSR count). The molecule has 8 heteroatoms. The van der Waals surface area contributed by atoms with Gasteiger partial charge in [0.05, 0.1) is 23.2 Å². The van der Waals surface area contributed by atoms with Crippen molar-refractivity contribution in [2.24, 2.45) is 5.10 Å². The number of nitrogens with zero attached hydrogens (tertiary/aromatic N) is 3. The first-order chi connectivity index (χ1) is 15.3. The smallest absolute Gasteiger partial charge is 0.344 e. The highest BCUT2D eigenvalue weighted by atomic mass is 79.9. The largest absolute Gasteiger partial charge is 0.482 e. The summed E-state index contributed by atoms with van der Waals surface area (Å²) in [7, 11) is 0. The minimum absolute atomic E-state index is 0.0505. The second-order valence-electron chi connectivity index (χ2n) is 7.70. The number of rotatable bonds is 8. The third-order valence-electron chi connectivity index (χ3n) is 4.79. The first-order valence-corrected chi connectivity index (χ1v) is 11.3. The van der Waals surface area contributed by atoms with E-state index in [1.807, 2.05) is 32.0 Å². The third kappa shape index (κ3) is 5.82. The van der Waals surface area contributed by atoms with Gasteiger partial charge >= 0.3 is 5.97 Å². The molecule has 0 aliphatic rings. The molecule has 168 valence electrons. The van der Waals surface area contributed by atoms with Crippen LogP contribution in [-0.4, -0.2) is 34.6 Å². The van der Waals surface area contributed by atoms with Gasteiger partial charge in [-0.2, -0.15) is 9.78 Å². The molecule has 0 fully saturated rings. The number of carbonyl (C=O) groups is 1. The lowest BCUT2D eigenvalue weighted by Gasteiger charge is -2.14. The van der Waals surface area contributed by atoms with Crippen molar-refractivity contribution in [3.8, 4) is 5.75 Å². The Morgan fingerprint density at radius 2 is 2.00 bits per heavy atom. The Morgan fingerprint density at radius 1 is 1.22 bits per heavy atom. The number of benzene rings is 2. The second-order valence-corrected chi connectivity index (χ2v) is 8.62. The van der Waals surface area contributed by atoms with Crippen LogP contribution < -0.4 is 10.3 Å². The summed E-state index contributed by atoms with van der Waals surface area (Å²) in [5, 5.41) is 4.94. The first-order valence-electron chi connectivity index (χ1n) is 10.5. The minimum atomic E-state index is -0.433. The predicted octanol–water partition coefficient (Wildman–Crippen LogP) is 4.89. The third-order valence-corrected chi connectivity index (χ3v) is 5.28. The van der Waals surface area contributed by atoms with Crippen LogP contribution in [0.4, 0.5) is 0 Å². The van der Waals surface area contributed by atoms with Crippen molar-refractivity contribution in [3.05, 3.63) is 68.7 Å². The monoisotopic (exact) mass is 499 g/mol. The van der Waals surface area contributed by atoms with Crippen molar-refractivity contribution in [2.45, 2.75) is 46.1 Å². The lowest BCUT2D eigenvalue weighted by Crippen LogP contribution is -2.23. The van der Waals surface area contributed by atoms with Crippen molar-refractivity contribution in [1.29, 1.82) is 0 Å². The molecule has 0 bridgehead atoms. The molecule has 1 heterocycles. The van der Waals surface area contributed by atoms with Crippen molar-refractivity contribution in [1.82, 2.24) is 9.66 Å². The van der Waals surface area contributed by atoms with Gasteiger partial charge in [-0.15, -0.1) is 0 Å². The fraction of sp³-hybridized carbons (Fsp3) is 0.333. The molecule has 0 aliphatic heterocycles. The van der Waals surface area contributed by atoms with E-state index in [0.717, 1.165) is 16.5 Å². The van der Waals surface area contributed by atoms with E-state index < -0.39 is 5.97 Å². The molecule has 1 atom stereocenters. The molecule has 0 saturated heterocycles. The molecule has 0 aliphatic carbocycles. The van der Waals surface area contributed by atoms with Crippen molar-refractivity contribution in [2.75, 3.05) is 6.61 Å². The molecule has 3 aromatic rings. The van der Waals surface area contributed by atoms with Gasteiger partial charge in [0.1, 0.15) is 11.6 Å². The summed E-state index contributed by atoms with van der Waals surface area (Å²) < 4.78 is 12.7.